The van der Waals surface area contributed by atoms with Crippen LogP contribution in [0.1, 0.15) is 56.6 Å². The van der Waals surface area contributed by atoms with Gasteiger partial charge in [0.05, 0.1) is 11.0 Å². The average molecular weight is 384 g/mol. The van der Waals surface area contributed by atoms with Gasteiger partial charge in [0.15, 0.2) is 0 Å². The second-order valence-electron chi connectivity index (χ2n) is 7.74. The van der Waals surface area contributed by atoms with Gasteiger partial charge in [-0.2, -0.15) is 0 Å². The predicted molar refractivity (Wildman–Crippen MR) is 124 cm³/mol. The first-order chi connectivity index (χ1) is 14.3. The zero-order valence-electron chi connectivity index (χ0n) is 17.3. The van der Waals surface area contributed by atoms with Crippen molar-refractivity contribution in [3.05, 3.63) is 72.6 Å². The van der Waals surface area contributed by atoms with Gasteiger partial charge in [0.25, 0.3) is 0 Å². The second-order valence-corrected chi connectivity index (χ2v) is 7.74. The zero-order chi connectivity index (χ0) is 20.1. The molecule has 2 aromatic heterocycles. The van der Waals surface area contributed by atoms with Crippen LogP contribution in [0.4, 0.5) is 0 Å². The van der Waals surface area contributed by atoms with Crippen molar-refractivity contribution in [1.82, 2.24) is 14.5 Å². The highest BCUT2D eigenvalue weighted by atomic mass is 15.1. The molecule has 2 aromatic carbocycles. The van der Waals surface area contributed by atoms with Crippen molar-refractivity contribution in [2.45, 2.75) is 51.9 Å². The van der Waals surface area contributed by atoms with E-state index in [0.29, 0.717) is 5.95 Å². The Labute approximate surface area is 173 Å². The molecular weight excluding hydrogens is 354 g/mol. The van der Waals surface area contributed by atoms with Crippen LogP contribution in [0.15, 0.2) is 61.4 Å². The molecule has 0 saturated heterocycles. The number of nitrogens with zero attached hydrogens (tertiary/aromatic N) is 3. The van der Waals surface area contributed by atoms with E-state index < -0.39 is 0 Å². The number of hydrogen-bond acceptors (Lipinski definition) is 2. The second kappa shape index (κ2) is 9.04. The van der Waals surface area contributed by atoms with Crippen LogP contribution in [0.25, 0.3) is 33.8 Å². The minimum atomic E-state index is 0.700. The highest BCUT2D eigenvalue weighted by molar-refractivity contribution is 6.09. The minimum Gasteiger partial charge on any atom is -0.278 e. The molecule has 0 unspecified atom stereocenters. The standard InChI is InChI=1S/C26H29N3/c1-3-5-6-7-8-9-12-21-15-16-25-23(17-21)22-13-10-11-14-24(22)29(25)26-27-18-20(4-2)19-28-26/h4,10-11,13-19H,2-3,5-9,12H2,1H3. The number of para-hydroxylation sites is 1. The molecule has 0 spiro atoms. The van der Waals surface area contributed by atoms with Gasteiger partial charge >= 0.3 is 0 Å². The summed E-state index contributed by atoms with van der Waals surface area (Å²) >= 11 is 0. The number of rotatable bonds is 9. The lowest BCUT2D eigenvalue weighted by atomic mass is 10.0. The lowest BCUT2D eigenvalue weighted by molar-refractivity contribution is 0.607. The van der Waals surface area contributed by atoms with Crippen LogP contribution in [0.2, 0.25) is 0 Å². The summed E-state index contributed by atoms with van der Waals surface area (Å²) in [6.45, 7) is 6.06. The van der Waals surface area contributed by atoms with E-state index in [2.05, 4.69) is 70.5 Å². The monoisotopic (exact) mass is 383 g/mol. The molecule has 2 heterocycles. The van der Waals surface area contributed by atoms with Crippen LogP contribution >= 0.6 is 0 Å². The molecule has 0 saturated carbocycles. The fraction of sp³-hybridized carbons (Fsp3) is 0.308. The molecule has 0 fully saturated rings. The molecule has 4 aromatic rings. The van der Waals surface area contributed by atoms with E-state index >= 15 is 0 Å². The summed E-state index contributed by atoms with van der Waals surface area (Å²) in [6, 6.07) is 15.4. The first-order valence-electron chi connectivity index (χ1n) is 10.8. The molecule has 0 amide bonds. The third-order valence-corrected chi connectivity index (χ3v) is 5.65. The van der Waals surface area contributed by atoms with E-state index in [1.54, 1.807) is 6.08 Å². The minimum absolute atomic E-state index is 0.700. The molecule has 0 atom stereocenters. The number of unbranched alkanes of at least 4 members (excludes halogenated alkanes) is 5. The van der Waals surface area contributed by atoms with Crippen LogP contribution in [0.3, 0.4) is 0 Å². The molecule has 29 heavy (non-hydrogen) atoms. The smallest absolute Gasteiger partial charge is 0.234 e. The van der Waals surface area contributed by atoms with Crippen molar-refractivity contribution in [3.8, 4) is 5.95 Å². The molecule has 148 valence electrons. The summed E-state index contributed by atoms with van der Waals surface area (Å²) in [5, 5.41) is 2.53. The molecule has 0 N–H and O–H groups in total. The Morgan fingerprint density at radius 1 is 0.862 bits per heavy atom. The van der Waals surface area contributed by atoms with Gasteiger partial charge in [-0.3, -0.25) is 4.57 Å². The Hall–Kier alpha value is -2.94. The van der Waals surface area contributed by atoms with Gasteiger partial charge in [-0.15, -0.1) is 0 Å². The molecule has 0 bridgehead atoms. The van der Waals surface area contributed by atoms with Gasteiger partial charge in [0.2, 0.25) is 5.95 Å². The first-order valence-corrected chi connectivity index (χ1v) is 10.8. The van der Waals surface area contributed by atoms with E-state index in [1.807, 2.05) is 12.4 Å². The van der Waals surface area contributed by atoms with Crippen LogP contribution < -0.4 is 0 Å². The number of aromatic nitrogens is 3. The van der Waals surface area contributed by atoms with Gasteiger partial charge in [0, 0.05) is 28.7 Å². The number of fused-ring (bicyclic) bond motifs is 3. The lowest BCUT2D eigenvalue weighted by Gasteiger charge is -2.06. The molecule has 4 rings (SSSR count). The molecule has 3 nitrogen and oxygen atoms in total. The van der Waals surface area contributed by atoms with Crippen molar-refractivity contribution in [3.63, 3.8) is 0 Å². The zero-order valence-corrected chi connectivity index (χ0v) is 17.3. The molecule has 3 heteroatoms. The number of hydrogen-bond donors (Lipinski definition) is 0. The Morgan fingerprint density at radius 3 is 2.38 bits per heavy atom. The normalized spacial score (nSPS) is 11.3. The lowest BCUT2D eigenvalue weighted by Crippen LogP contribution is -2.00. The summed E-state index contributed by atoms with van der Waals surface area (Å²) < 4.78 is 2.16. The van der Waals surface area contributed by atoms with E-state index in [1.165, 1.54) is 54.9 Å². The fourth-order valence-corrected chi connectivity index (χ4v) is 4.05. The van der Waals surface area contributed by atoms with Gasteiger partial charge < -0.3 is 0 Å². The largest absolute Gasteiger partial charge is 0.278 e. The topological polar surface area (TPSA) is 30.7 Å². The first kappa shape index (κ1) is 19.4. The highest BCUT2D eigenvalue weighted by Gasteiger charge is 2.14. The Morgan fingerprint density at radius 2 is 1.59 bits per heavy atom. The van der Waals surface area contributed by atoms with Gasteiger partial charge in [-0.25, -0.2) is 9.97 Å². The Bertz CT molecular complexity index is 1110. The Balaban J connectivity index is 1.66. The van der Waals surface area contributed by atoms with Crippen molar-refractivity contribution in [2.75, 3.05) is 0 Å². The summed E-state index contributed by atoms with van der Waals surface area (Å²) in [5.41, 5.74) is 4.64. The summed E-state index contributed by atoms with van der Waals surface area (Å²) in [7, 11) is 0. The quantitative estimate of drug-likeness (QED) is 0.288. The molecular formula is C26H29N3. The molecule has 0 aliphatic rings. The average Bonchev–Trinajstić information content (AvgIpc) is 3.10. The number of aryl methyl sites for hydroxylation is 1. The van der Waals surface area contributed by atoms with Crippen LogP contribution in [-0.4, -0.2) is 14.5 Å². The van der Waals surface area contributed by atoms with E-state index in [0.717, 1.165) is 23.0 Å². The van der Waals surface area contributed by atoms with Gasteiger partial charge in [0.1, 0.15) is 0 Å². The maximum Gasteiger partial charge on any atom is 0.234 e. The van der Waals surface area contributed by atoms with Gasteiger partial charge in [-0.05, 0) is 36.6 Å². The van der Waals surface area contributed by atoms with Crippen molar-refractivity contribution < 1.29 is 0 Å². The summed E-state index contributed by atoms with van der Waals surface area (Å²) in [5.74, 6) is 0.700. The van der Waals surface area contributed by atoms with Crippen molar-refractivity contribution >= 4 is 27.9 Å². The van der Waals surface area contributed by atoms with E-state index in [-0.39, 0.29) is 0 Å². The van der Waals surface area contributed by atoms with Crippen molar-refractivity contribution in [2.24, 2.45) is 0 Å². The molecule has 0 aliphatic heterocycles. The Kier molecular flexibility index (Phi) is 6.04. The number of benzene rings is 2. The molecule has 0 aliphatic carbocycles. The predicted octanol–water partition coefficient (Wildman–Crippen LogP) is 7.12. The summed E-state index contributed by atoms with van der Waals surface area (Å²) in [4.78, 5) is 9.16. The third kappa shape index (κ3) is 4.09. The van der Waals surface area contributed by atoms with Crippen LogP contribution in [0, 0.1) is 0 Å². The van der Waals surface area contributed by atoms with Crippen LogP contribution in [-0.2, 0) is 6.42 Å². The maximum absolute atomic E-state index is 4.58. The molecule has 0 radical (unpaired) electrons. The van der Waals surface area contributed by atoms with Crippen molar-refractivity contribution in [1.29, 1.82) is 0 Å². The van der Waals surface area contributed by atoms with Crippen LogP contribution in [0.5, 0.6) is 0 Å². The van der Waals surface area contributed by atoms with Gasteiger partial charge in [-0.1, -0.05) is 75.9 Å². The SMILES string of the molecule is C=Cc1cnc(-n2c3ccccc3c3cc(CCCCCCCC)ccc32)nc1. The maximum atomic E-state index is 4.58. The van der Waals surface area contributed by atoms with E-state index in [4.69, 9.17) is 0 Å². The fourth-order valence-electron chi connectivity index (χ4n) is 4.05. The summed E-state index contributed by atoms with van der Waals surface area (Å²) in [6.07, 6.45) is 14.5. The third-order valence-electron chi connectivity index (χ3n) is 5.65. The van der Waals surface area contributed by atoms with E-state index in [9.17, 15) is 0 Å². The highest BCUT2D eigenvalue weighted by Crippen LogP contribution is 2.31.